The summed E-state index contributed by atoms with van der Waals surface area (Å²) in [7, 11) is 0. The molecule has 0 saturated heterocycles. The number of ether oxygens (including phenoxy) is 2. The summed E-state index contributed by atoms with van der Waals surface area (Å²) in [6.45, 7) is 0. The van der Waals surface area contributed by atoms with E-state index in [0.29, 0.717) is 0 Å². The molecule has 0 atom stereocenters. The molecule has 2 aliphatic heterocycles. The van der Waals surface area contributed by atoms with Crippen LogP contribution in [0.3, 0.4) is 0 Å². The number of hydrogen-bond acceptors (Lipinski definition) is 3. The zero-order valence-corrected chi connectivity index (χ0v) is 41.9. The second-order valence-corrected chi connectivity index (χ2v) is 20.6. The van der Waals surface area contributed by atoms with Crippen LogP contribution in [0.5, 0.6) is 23.0 Å². The second kappa shape index (κ2) is 16.8. The van der Waals surface area contributed by atoms with Crippen molar-refractivity contribution >= 4 is 17.1 Å². The molecule has 4 aliphatic rings. The molecule has 0 N–H and O–H groups in total. The minimum absolute atomic E-state index is 0.544. The van der Waals surface area contributed by atoms with Crippen LogP contribution in [0, 0.1) is 0 Å². The van der Waals surface area contributed by atoms with Crippen molar-refractivity contribution in [2.24, 2.45) is 0 Å². The van der Waals surface area contributed by atoms with Crippen molar-refractivity contribution in [1.82, 2.24) is 0 Å². The molecule has 2 spiro atoms. The quantitative estimate of drug-likeness (QED) is 0.166. The third kappa shape index (κ3) is 6.20. The molecule has 360 valence electrons. The summed E-state index contributed by atoms with van der Waals surface area (Å²) in [4.78, 5) is 2.45. The number of anilines is 3. The fourth-order valence-electron chi connectivity index (χ4n) is 13.7. The van der Waals surface area contributed by atoms with Crippen molar-refractivity contribution in [2.45, 2.75) is 10.8 Å². The maximum Gasteiger partial charge on any atom is 0.132 e. The van der Waals surface area contributed by atoms with E-state index in [4.69, 9.17) is 9.47 Å². The van der Waals surface area contributed by atoms with Gasteiger partial charge in [0.2, 0.25) is 0 Å². The lowest BCUT2D eigenvalue weighted by Gasteiger charge is -2.39. The number of rotatable bonds is 6. The summed E-state index contributed by atoms with van der Waals surface area (Å²) in [6, 6.07) is 104. The summed E-state index contributed by atoms with van der Waals surface area (Å²) in [5, 5.41) is 0. The van der Waals surface area contributed by atoms with E-state index in [1.54, 1.807) is 0 Å². The monoisotopic (exact) mass is 981 g/mol. The van der Waals surface area contributed by atoms with Crippen molar-refractivity contribution < 1.29 is 9.47 Å². The highest BCUT2D eigenvalue weighted by Gasteiger charge is 2.52. The van der Waals surface area contributed by atoms with Crippen molar-refractivity contribution in [1.29, 1.82) is 0 Å². The maximum absolute atomic E-state index is 6.69. The van der Waals surface area contributed by atoms with E-state index in [9.17, 15) is 0 Å². The molecule has 2 aliphatic carbocycles. The van der Waals surface area contributed by atoms with Gasteiger partial charge in [-0.15, -0.1) is 0 Å². The van der Waals surface area contributed by atoms with E-state index < -0.39 is 10.8 Å². The Morgan fingerprint density at radius 3 is 1.18 bits per heavy atom. The molecule has 0 radical (unpaired) electrons. The van der Waals surface area contributed by atoms with Gasteiger partial charge < -0.3 is 14.4 Å². The van der Waals surface area contributed by atoms with Gasteiger partial charge in [-0.25, -0.2) is 0 Å². The first-order chi connectivity index (χ1) is 38.2. The topological polar surface area (TPSA) is 21.7 Å². The molecule has 16 rings (SSSR count). The van der Waals surface area contributed by atoms with Crippen LogP contribution in [-0.2, 0) is 10.8 Å². The highest BCUT2D eigenvalue weighted by Crippen LogP contribution is 2.64. The first-order valence-corrected chi connectivity index (χ1v) is 26.6. The van der Waals surface area contributed by atoms with Crippen molar-refractivity contribution in [3.63, 3.8) is 0 Å². The molecule has 12 aromatic rings. The van der Waals surface area contributed by atoms with Gasteiger partial charge in [0.1, 0.15) is 23.0 Å². The molecule has 2 heterocycles. The summed E-state index contributed by atoms with van der Waals surface area (Å²) < 4.78 is 13.4. The molecular weight excluding hydrogens is 935 g/mol. The van der Waals surface area contributed by atoms with Crippen LogP contribution in [0.15, 0.2) is 285 Å². The van der Waals surface area contributed by atoms with Crippen LogP contribution >= 0.6 is 0 Å². The summed E-state index contributed by atoms with van der Waals surface area (Å²) in [5.41, 5.74) is 23.6. The Balaban J connectivity index is 0.881. The van der Waals surface area contributed by atoms with Crippen LogP contribution in [0.2, 0.25) is 0 Å². The number of nitrogens with zero attached hydrogens (tertiary/aromatic N) is 1. The van der Waals surface area contributed by atoms with Gasteiger partial charge in [0, 0.05) is 39.2 Å². The summed E-state index contributed by atoms with van der Waals surface area (Å²) in [5.74, 6) is 3.56. The number of fused-ring (bicyclic) bond motifs is 18. The van der Waals surface area contributed by atoms with E-state index in [0.717, 1.165) is 90.1 Å². The predicted octanol–water partition coefficient (Wildman–Crippen LogP) is 19.1. The van der Waals surface area contributed by atoms with Crippen LogP contribution in [0.4, 0.5) is 17.1 Å². The highest BCUT2D eigenvalue weighted by molar-refractivity contribution is 5.96. The lowest BCUT2D eigenvalue weighted by Crippen LogP contribution is -2.32. The Bertz CT molecular complexity index is 4290. The van der Waals surface area contributed by atoms with E-state index >= 15 is 0 Å². The van der Waals surface area contributed by atoms with Gasteiger partial charge >= 0.3 is 0 Å². The molecule has 12 aromatic carbocycles. The Morgan fingerprint density at radius 2 is 0.610 bits per heavy atom. The van der Waals surface area contributed by atoms with Crippen LogP contribution in [0.1, 0.15) is 44.5 Å². The van der Waals surface area contributed by atoms with Gasteiger partial charge in [0.05, 0.1) is 16.5 Å². The molecule has 3 nitrogen and oxygen atoms in total. The molecule has 77 heavy (non-hydrogen) atoms. The minimum atomic E-state index is -0.568. The molecule has 0 unspecified atom stereocenters. The second-order valence-electron chi connectivity index (χ2n) is 20.6. The molecule has 0 aromatic heterocycles. The maximum atomic E-state index is 6.69. The number of benzene rings is 12. The Kier molecular flexibility index (Phi) is 9.47. The lowest BCUT2D eigenvalue weighted by molar-refractivity contribution is 0.436. The highest BCUT2D eigenvalue weighted by atomic mass is 16.5. The Hall–Kier alpha value is -9.96. The Labute approximate surface area is 448 Å². The molecule has 3 heteroatoms. The predicted molar refractivity (Wildman–Crippen MR) is 312 cm³/mol. The fraction of sp³-hybridized carbons (Fsp3) is 0.0270. The molecular formula is C74H47NO2. The summed E-state index contributed by atoms with van der Waals surface area (Å²) in [6.07, 6.45) is 0. The van der Waals surface area contributed by atoms with Gasteiger partial charge in [-0.05, 0) is 139 Å². The fourth-order valence-corrected chi connectivity index (χ4v) is 13.7. The van der Waals surface area contributed by atoms with E-state index in [2.05, 4.69) is 290 Å². The average molecular weight is 982 g/mol. The standard InChI is InChI=1S/C74H47NO2/c1-2-20-48(21-3-1)49-22-18-24-53(44-49)75(54-25-19-23-50(45-54)51-40-42-58-56-27-4-7-29-60(56)74(67(58)47-51)65-33-11-16-38-71(65)77-72-39-17-12-34-66(72)74)68-35-13-6-26-55(68)52-41-43-62-59(46-52)57-28-5-8-30-61(57)73(62)63-31-9-14-36-69(63)76-70-37-15-10-32-64(70)73/h1-47H. The van der Waals surface area contributed by atoms with Gasteiger partial charge in [-0.1, -0.05) is 218 Å². The summed E-state index contributed by atoms with van der Waals surface area (Å²) >= 11 is 0. The minimum Gasteiger partial charge on any atom is -0.457 e. The van der Waals surface area contributed by atoms with Crippen LogP contribution < -0.4 is 14.4 Å². The largest absolute Gasteiger partial charge is 0.457 e. The van der Waals surface area contributed by atoms with E-state index in [1.807, 2.05) is 0 Å². The number of para-hydroxylation sites is 5. The molecule has 0 fully saturated rings. The van der Waals surface area contributed by atoms with Crippen molar-refractivity contribution in [2.75, 3.05) is 4.90 Å². The van der Waals surface area contributed by atoms with Crippen molar-refractivity contribution in [3.05, 3.63) is 330 Å². The normalized spacial score (nSPS) is 13.9. The SMILES string of the molecule is c1ccc(-c2cccc(N(c3cccc(-c4ccc5c(c4)C4(c6ccccc6Oc6ccccc64)c4ccccc4-5)c3)c3ccccc3-c3ccc4c(c3)-c3ccccc3C43c4ccccc4Oc4ccccc43)c2)cc1. The van der Waals surface area contributed by atoms with E-state index in [1.165, 1.54) is 50.1 Å². The lowest BCUT2D eigenvalue weighted by atomic mass is 9.66. The van der Waals surface area contributed by atoms with Gasteiger partial charge in [0.25, 0.3) is 0 Å². The van der Waals surface area contributed by atoms with Gasteiger partial charge in [0.15, 0.2) is 0 Å². The molecule has 0 saturated carbocycles. The first-order valence-electron chi connectivity index (χ1n) is 26.6. The zero-order chi connectivity index (χ0) is 50.7. The third-order valence-corrected chi connectivity index (χ3v) is 16.8. The van der Waals surface area contributed by atoms with Crippen molar-refractivity contribution in [3.8, 4) is 78.6 Å². The van der Waals surface area contributed by atoms with Gasteiger partial charge in [-0.3, -0.25) is 0 Å². The zero-order valence-electron chi connectivity index (χ0n) is 41.9. The molecule has 0 bridgehead atoms. The van der Waals surface area contributed by atoms with Crippen LogP contribution in [-0.4, -0.2) is 0 Å². The average Bonchev–Trinajstić information content (AvgIpc) is 4.10. The van der Waals surface area contributed by atoms with Crippen LogP contribution in [0.25, 0.3) is 55.6 Å². The smallest absolute Gasteiger partial charge is 0.132 e. The van der Waals surface area contributed by atoms with Gasteiger partial charge in [-0.2, -0.15) is 0 Å². The first kappa shape index (κ1) is 43.4. The third-order valence-electron chi connectivity index (χ3n) is 16.8. The number of hydrogen-bond donors (Lipinski definition) is 0. The Morgan fingerprint density at radius 1 is 0.221 bits per heavy atom. The van der Waals surface area contributed by atoms with E-state index in [-0.39, 0.29) is 0 Å². The molecule has 0 amide bonds.